The van der Waals surface area contributed by atoms with E-state index in [-0.39, 0.29) is 24.4 Å². The van der Waals surface area contributed by atoms with Crippen molar-refractivity contribution in [2.75, 3.05) is 0 Å². The number of rotatable bonds is 4. The highest BCUT2D eigenvalue weighted by Crippen LogP contribution is 2.38. The average molecular weight is 329 g/mol. The van der Waals surface area contributed by atoms with Crippen molar-refractivity contribution in [1.82, 2.24) is 15.5 Å². The minimum absolute atomic E-state index is 0. The van der Waals surface area contributed by atoms with E-state index in [9.17, 15) is 4.79 Å². The molecule has 0 spiro atoms. The van der Waals surface area contributed by atoms with Gasteiger partial charge in [0.2, 0.25) is 11.8 Å². The predicted octanol–water partition coefficient (Wildman–Crippen LogP) is 2.59. The number of hydrogen-bond donors (Lipinski definition) is 2. The van der Waals surface area contributed by atoms with E-state index in [1.165, 1.54) is 19.8 Å². The number of nitrogens with zero attached hydrogens (tertiary/aromatic N) is 2. The van der Waals surface area contributed by atoms with Crippen LogP contribution in [-0.2, 0) is 10.3 Å². The molecule has 2 fully saturated rings. The molecule has 0 aromatic carbocycles. The highest BCUT2D eigenvalue weighted by atomic mass is 35.5. The summed E-state index contributed by atoms with van der Waals surface area (Å²) in [6.45, 7) is 1.53. The summed E-state index contributed by atoms with van der Waals surface area (Å²) in [6.07, 6.45) is 8.61. The van der Waals surface area contributed by atoms with Crippen LogP contribution >= 0.6 is 12.4 Å². The number of nitrogens with two attached hydrogens (primary N) is 1. The third kappa shape index (κ3) is 3.43. The minimum atomic E-state index is -0.446. The maximum absolute atomic E-state index is 11.5. The second kappa shape index (κ2) is 6.96. The zero-order chi connectivity index (χ0) is 14.9. The van der Waals surface area contributed by atoms with Gasteiger partial charge in [-0.25, -0.2) is 0 Å². The Morgan fingerprint density at radius 1 is 1.32 bits per heavy atom. The van der Waals surface area contributed by atoms with E-state index in [2.05, 4.69) is 15.5 Å². The third-order valence-corrected chi connectivity index (χ3v) is 4.88. The lowest BCUT2D eigenvalue weighted by Crippen LogP contribution is -2.35. The zero-order valence-electron chi connectivity index (χ0n) is 13.0. The third-order valence-electron chi connectivity index (χ3n) is 4.88. The van der Waals surface area contributed by atoms with Gasteiger partial charge in [0, 0.05) is 6.92 Å². The average Bonchev–Trinajstić information content (AvgIpc) is 3.17. The van der Waals surface area contributed by atoms with Crippen LogP contribution in [0.15, 0.2) is 4.52 Å². The summed E-state index contributed by atoms with van der Waals surface area (Å²) < 4.78 is 5.46. The molecule has 1 aromatic rings. The molecule has 0 bridgehead atoms. The van der Waals surface area contributed by atoms with Crippen LogP contribution < -0.4 is 11.1 Å². The molecule has 6 nitrogen and oxygen atoms in total. The molecule has 0 radical (unpaired) electrons. The monoisotopic (exact) mass is 328 g/mol. The molecule has 1 aromatic heterocycles. The van der Waals surface area contributed by atoms with Gasteiger partial charge < -0.3 is 15.6 Å². The smallest absolute Gasteiger partial charge is 0.249 e. The van der Waals surface area contributed by atoms with Crippen LogP contribution in [0.2, 0.25) is 0 Å². The molecule has 0 saturated heterocycles. The fraction of sp³-hybridized carbons (Fsp3) is 0.800. The van der Waals surface area contributed by atoms with Gasteiger partial charge in [0.1, 0.15) is 6.04 Å². The number of aromatic nitrogens is 2. The van der Waals surface area contributed by atoms with Gasteiger partial charge in [0.15, 0.2) is 5.82 Å². The lowest BCUT2D eigenvalue weighted by Gasteiger charge is -2.21. The van der Waals surface area contributed by atoms with E-state index in [0.717, 1.165) is 38.5 Å². The van der Waals surface area contributed by atoms with Crippen LogP contribution in [0, 0.1) is 5.92 Å². The van der Waals surface area contributed by atoms with Gasteiger partial charge in [-0.15, -0.1) is 12.4 Å². The number of carbonyl (C=O) groups is 1. The molecule has 22 heavy (non-hydrogen) atoms. The summed E-state index contributed by atoms with van der Waals surface area (Å²) in [5, 5.41) is 7.09. The quantitative estimate of drug-likeness (QED) is 0.886. The van der Waals surface area contributed by atoms with Crippen molar-refractivity contribution in [1.29, 1.82) is 0 Å². The maximum Gasteiger partial charge on any atom is 0.249 e. The van der Waals surface area contributed by atoms with Crippen LogP contribution in [-0.4, -0.2) is 16.0 Å². The number of carbonyl (C=O) groups excluding carboxylic acids is 1. The van der Waals surface area contributed by atoms with Crippen molar-refractivity contribution >= 4 is 18.3 Å². The summed E-state index contributed by atoms with van der Waals surface area (Å²) in [7, 11) is 0. The molecule has 0 aliphatic heterocycles. The van der Waals surface area contributed by atoms with Crippen molar-refractivity contribution in [3.8, 4) is 0 Å². The fourth-order valence-corrected chi connectivity index (χ4v) is 3.68. The van der Waals surface area contributed by atoms with Crippen molar-refractivity contribution in [2.24, 2.45) is 11.7 Å². The SMILES string of the molecule is CC(=O)NC(c1nc(C2(N)CCCC2)no1)C1CCCC1.Cl. The van der Waals surface area contributed by atoms with Crippen LogP contribution in [0.1, 0.15) is 76.0 Å². The molecule has 1 amide bonds. The van der Waals surface area contributed by atoms with Crippen molar-refractivity contribution < 1.29 is 9.32 Å². The molecule has 7 heteroatoms. The van der Waals surface area contributed by atoms with E-state index in [1.807, 2.05) is 0 Å². The molecule has 2 aliphatic carbocycles. The Bertz CT molecular complexity index is 507. The summed E-state index contributed by atoms with van der Waals surface area (Å²) in [4.78, 5) is 16.0. The number of hydrogen-bond acceptors (Lipinski definition) is 5. The van der Waals surface area contributed by atoms with E-state index in [4.69, 9.17) is 10.3 Å². The largest absolute Gasteiger partial charge is 0.344 e. The highest BCUT2D eigenvalue weighted by Gasteiger charge is 2.38. The van der Waals surface area contributed by atoms with Gasteiger partial charge in [0.25, 0.3) is 0 Å². The molecule has 2 saturated carbocycles. The lowest BCUT2D eigenvalue weighted by atomic mass is 9.97. The first-order valence-corrected chi connectivity index (χ1v) is 7.98. The van der Waals surface area contributed by atoms with Crippen molar-refractivity contribution in [2.45, 2.75) is 69.9 Å². The van der Waals surface area contributed by atoms with Gasteiger partial charge in [-0.2, -0.15) is 4.98 Å². The lowest BCUT2D eigenvalue weighted by molar-refractivity contribution is -0.120. The number of halogens is 1. The summed E-state index contributed by atoms with van der Waals surface area (Å²) in [5.74, 6) is 1.45. The van der Waals surface area contributed by atoms with Crippen LogP contribution in [0.4, 0.5) is 0 Å². The first-order valence-electron chi connectivity index (χ1n) is 7.98. The maximum atomic E-state index is 11.5. The van der Waals surface area contributed by atoms with Gasteiger partial charge >= 0.3 is 0 Å². The Balaban J connectivity index is 0.00000176. The standard InChI is InChI=1S/C15H24N4O2.ClH/c1-10(20)17-12(11-6-2-3-7-11)13-18-14(19-21-13)15(16)8-4-5-9-15;/h11-12H,2-9,16H2,1H3,(H,17,20);1H. The topological polar surface area (TPSA) is 94.0 Å². The molecule has 3 N–H and O–H groups in total. The van der Waals surface area contributed by atoms with Crippen molar-refractivity contribution in [3.63, 3.8) is 0 Å². The Morgan fingerprint density at radius 3 is 2.55 bits per heavy atom. The van der Waals surface area contributed by atoms with Crippen LogP contribution in [0.3, 0.4) is 0 Å². The molecular weight excluding hydrogens is 304 g/mol. The summed E-state index contributed by atoms with van der Waals surface area (Å²) in [5.41, 5.74) is 5.93. The second-order valence-electron chi connectivity index (χ2n) is 6.54. The Labute approximate surface area is 137 Å². The van der Waals surface area contributed by atoms with E-state index >= 15 is 0 Å². The predicted molar refractivity (Wildman–Crippen MR) is 84.4 cm³/mol. The summed E-state index contributed by atoms with van der Waals surface area (Å²) >= 11 is 0. The first-order chi connectivity index (χ1) is 10.1. The van der Waals surface area contributed by atoms with Crippen LogP contribution in [0.25, 0.3) is 0 Å². The molecule has 124 valence electrons. The number of nitrogens with one attached hydrogen (secondary N) is 1. The summed E-state index contributed by atoms with van der Waals surface area (Å²) in [6, 6.07) is -0.170. The Morgan fingerprint density at radius 2 is 1.95 bits per heavy atom. The first kappa shape index (κ1) is 17.2. The molecular formula is C15H25ClN4O2. The molecule has 1 atom stereocenters. The normalized spacial score (nSPS) is 22.3. The Hall–Kier alpha value is -1.14. The molecule has 3 rings (SSSR count). The highest BCUT2D eigenvalue weighted by molar-refractivity contribution is 5.85. The second-order valence-corrected chi connectivity index (χ2v) is 6.54. The van der Waals surface area contributed by atoms with Crippen LogP contribution in [0.5, 0.6) is 0 Å². The molecule has 2 aliphatic rings. The molecule has 1 heterocycles. The molecule has 1 unspecified atom stereocenters. The van der Waals surface area contributed by atoms with Gasteiger partial charge in [-0.3, -0.25) is 4.79 Å². The van der Waals surface area contributed by atoms with E-state index in [1.54, 1.807) is 0 Å². The van der Waals surface area contributed by atoms with Crippen molar-refractivity contribution in [3.05, 3.63) is 11.7 Å². The minimum Gasteiger partial charge on any atom is -0.344 e. The fourth-order valence-electron chi connectivity index (χ4n) is 3.68. The Kier molecular flexibility index (Phi) is 5.45. The van der Waals surface area contributed by atoms with Gasteiger partial charge in [-0.05, 0) is 31.6 Å². The zero-order valence-corrected chi connectivity index (χ0v) is 13.8. The van der Waals surface area contributed by atoms with E-state index in [0.29, 0.717) is 17.6 Å². The number of amides is 1. The van der Waals surface area contributed by atoms with Gasteiger partial charge in [-0.1, -0.05) is 30.8 Å². The van der Waals surface area contributed by atoms with Gasteiger partial charge in [0.05, 0.1) is 5.54 Å². The van der Waals surface area contributed by atoms with E-state index < -0.39 is 5.54 Å².